The molecule has 0 radical (unpaired) electrons. The minimum atomic E-state index is -3.78. The van der Waals surface area contributed by atoms with Crippen LogP contribution in [0.4, 0.5) is 0 Å². The minimum Gasteiger partial charge on any atom is -0.329 e. The molecule has 0 N–H and O–H groups in total. The van der Waals surface area contributed by atoms with Gasteiger partial charge in [-0.3, -0.25) is 4.79 Å². The maximum Gasteiger partial charge on any atom is 0.243 e. The Balaban J connectivity index is 1.58. The van der Waals surface area contributed by atoms with Crippen LogP contribution in [0.15, 0.2) is 58.1 Å². The summed E-state index contributed by atoms with van der Waals surface area (Å²) in [6, 6.07) is 11.9. The average molecular weight is 467 g/mol. The van der Waals surface area contributed by atoms with Crippen molar-refractivity contribution in [1.29, 1.82) is 0 Å². The van der Waals surface area contributed by atoms with E-state index in [1.54, 1.807) is 27.6 Å². The zero-order valence-corrected chi connectivity index (χ0v) is 18.8. The Bertz CT molecular complexity index is 1110. The molecule has 1 atom stereocenters. The van der Waals surface area contributed by atoms with E-state index in [4.69, 9.17) is 11.6 Å². The van der Waals surface area contributed by atoms with Crippen molar-refractivity contribution in [2.24, 2.45) is 0 Å². The maximum atomic E-state index is 13.2. The minimum absolute atomic E-state index is 0.116. The molecule has 1 aromatic carbocycles. The van der Waals surface area contributed by atoms with Crippen molar-refractivity contribution < 1.29 is 13.2 Å². The van der Waals surface area contributed by atoms with Gasteiger partial charge in [0, 0.05) is 28.4 Å². The first-order chi connectivity index (χ1) is 13.9. The van der Waals surface area contributed by atoms with Crippen LogP contribution in [0, 0.1) is 0 Å². The number of hydrogen-bond acceptors (Lipinski definition) is 5. The summed E-state index contributed by atoms with van der Waals surface area (Å²) in [6.07, 6.45) is 0.786. The Morgan fingerprint density at radius 2 is 1.93 bits per heavy atom. The van der Waals surface area contributed by atoms with Crippen molar-refractivity contribution in [3.8, 4) is 0 Å². The van der Waals surface area contributed by atoms with Gasteiger partial charge in [-0.05, 0) is 59.1 Å². The third-order valence-electron chi connectivity index (χ3n) is 4.98. The van der Waals surface area contributed by atoms with Gasteiger partial charge < -0.3 is 4.90 Å². The number of carbonyl (C=O) groups excluding carboxylic acids is 1. The second kappa shape index (κ2) is 8.20. The molecule has 29 heavy (non-hydrogen) atoms. The molecule has 3 aromatic rings. The summed E-state index contributed by atoms with van der Waals surface area (Å²) in [5, 5.41) is 4.51. The predicted molar refractivity (Wildman–Crippen MR) is 117 cm³/mol. The summed E-state index contributed by atoms with van der Waals surface area (Å²) in [6.45, 7) is 0.357. The summed E-state index contributed by atoms with van der Waals surface area (Å²) in [5.41, 5.74) is 1.14. The van der Waals surface area contributed by atoms with Gasteiger partial charge in [0.25, 0.3) is 0 Å². The van der Waals surface area contributed by atoms with Gasteiger partial charge in [-0.2, -0.15) is 4.31 Å². The molecule has 0 aliphatic carbocycles. The third kappa shape index (κ3) is 4.00. The SMILES string of the molecule is CN(CC(=O)N1CCc2sccc2C1c1cccs1)S(=O)(=O)c1ccc(Cl)cc1. The Kier molecular flexibility index (Phi) is 5.81. The molecule has 0 bridgehead atoms. The number of likely N-dealkylation sites (N-methyl/N-ethyl adjacent to an activating group) is 1. The van der Waals surface area contributed by atoms with Crippen LogP contribution < -0.4 is 0 Å². The van der Waals surface area contributed by atoms with Crippen molar-refractivity contribution in [2.75, 3.05) is 20.1 Å². The van der Waals surface area contributed by atoms with E-state index in [0.29, 0.717) is 11.6 Å². The highest BCUT2D eigenvalue weighted by Crippen LogP contribution is 2.39. The molecule has 0 fully saturated rings. The first-order valence-corrected chi connectivity index (χ1v) is 12.6. The highest BCUT2D eigenvalue weighted by atomic mass is 35.5. The fourth-order valence-corrected chi connectivity index (χ4v) is 6.50. The first kappa shape index (κ1) is 20.6. The van der Waals surface area contributed by atoms with E-state index < -0.39 is 10.0 Å². The van der Waals surface area contributed by atoms with Gasteiger partial charge in [-0.1, -0.05) is 17.7 Å². The van der Waals surface area contributed by atoms with Gasteiger partial charge in [0.15, 0.2) is 0 Å². The van der Waals surface area contributed by atoms with E-state index in [1.165, 1.54) is 36.2 Å². The summed E-state index contributed by atoms with van der Waals surface area (Å²) >= 11 is 9.17. The molecule has 0 spiro atoms. The lowest BCUT2D eigenvalue weighted by atomic mass is 9.98. The summed E-state index contributed by atoms with van der Waals surface area (Å²) in [5.74, 6) is -0.208. The fraction of sp³-hybridized carbons (Fsp3) is 0.250. The molecule has 1 aliphatic rings. The van der Waals surface area contributed by atoms with Gasteiger partial charge in [-0.25, -0.2) is 8.42 Å². The highest BCUT2D eigenvalue weighted by Gasteiger charge is 2.35. The van der Waals surface area contributed by atoms with E-state index in [-0.39, 0.29) is 23.4 Å². The van der Waals surface area contributed by atoms with E-state index in [1.807, 2.05) is 17.5 Å². The van der Waals surface area contributed by atoms with Gasteiger partial charge in [0.05, 0.1) is 17.5 Å². The zero-order valence-electron chi connectivity index (χ0n) is 15.6. The van der Waals surface area contributed by atoms with Crippen molar-refractivity contribution >= 4 is 50.2 Å². The Labute approximate surface area is 183 Å². The molecule has 3 heterocycles. The number of hydrogen-bond donors (Lipinski definition) is 0. The van der Waals surface area contributed by atoms with Crippen LogP contribution in [0.5, 0.6) is 0 Å². The van der Waals surface area contributed by atoms with E-state index >= 15 is 0 Å². The van der Waals surface area contributed by atoms with E-state index in [9.17, 15) is 13.2 Å². The predicted octanol–water partition coefficient (Wildman–Crippen LogP) is 4.26. The lowest BCUT2D eigenvalue weighted by Gasteiger charge is -2.36. The number of thiophene rings is 2. The summed E-state index contributed by atoms with van der Waals surface area (Å²) < 4.78 is 26.8. The molecular formula is C20H19ClN2O3S3. The van der Waals surface area contributed by atoms with Crippen LogP contribution in [-0.2, 0) is 21.2 Å². The molecule has 9 heteroatoms. The van der Waals surface area contributed by atoms with Gasteiger partial charge >= 0.3 is 0 Å². The van der Waals surface area contributed by atoms with Crippen LogP contribution in [0.3, 0.4) is 0 Å². The number of benzene rings is 1. The molecule has 152 valence electrons. The molecule has 0 saturated carbocycles. The number of carbonyl (C=O) groups is 1. The van der Waals surface area contributed by atoms with Crippen molar-refractivity contribution in [3.63, 3.8) is 0 Å². The number of amides is 1. The normalized spacial score (nSPS) is 16.8. The molecular weight excluding hydrogens is 448 g/mol. The molecule has 1 unspecified atom stereocenters. The lowest BCUT2D eigenvalue weighted by molar-refractivity contribution is -0.133. The molecule has 5 nitrogen and oxygen atoms in total. The van der Waals surface area contributed by atoms with E-state index in [2.05, 4.69) is 11.4 Å². The highest BCUT2D eigenvalue weighted by molar-refractivity contribution is 7.89. The standard InChI is InChI=1S/C20H19ClN2O3S3/c1-22(29(25,26)15-6-4-14(21)5-7-15)13-19(24)23-10-8-17-16(9-12-28-17)20(23)18-3-2-11-27-18/h2-7,9,11-12,20H,8,10,13H2,1H3. The lowest BCUT2D eigenvalue weighted by Crippen LogP contribution is -2.45. The maximum absolute atomic E-state index is 13.2. The van der Waals surface area contributed by atoms with Crippen molar-refractivity contribution in [2.45, 2.75) is 17.4 Å². The number of rotatable bonds is 5. The molecule has 1 aliphatic heterocycles. The quantitative estimate of drug-likeness (QED) is 0.564. The van der Waals surface area contributed by atoms with Crippen LogP contribution >= 0.6 is 34.3 Å². The largest absolute Gasteiger partial charge is 0.329 e. The number of fused-ring (bicyclic) bond motifs is 1. The number of halogens is 1. The van der Waals surface area contributed by atoms with Gasteiger partial charge in [-0.15, -0.1) is 22.7 Å². The fourth-order valence-electron chi connectivity index (χ4n) is 3.49. The van der Waals surface area contributed by atoms with Crippen LogP contribution in [-0.4, -0.2) is 43.7 Å². The van der Waals surface area contributed by atoms with Gasteiger partial charge in [0.2, 0.25) is 15.9 Å². The molecule has 2 aromatic heterocycles. The van der Waals surface area contributed by atoms with Crippen LogP contribution in [0.25, 0.3) is 0 Å². The third-order valence-corrected chi connectivity index (χ3v) is 8.97. The summed E-state index contributed by atoms with van der Waals surface area (Å²) in [7, 11) is -2.35. The van der Waals surface area contributed by atoms with Crippen LogP contribution in [0.1, 0.15) is 21.4 Å². The second-order valence-electron chi connectivity index (χ2n) is 6.77. The molecule has 0 saturated heterocycles. The Morgan fingerprint density at radius 3 is 2.62 bits per heavy atom. The number of nitrogens with zero attached hydrogens (tertiary/aromatic N) is 2. The number of sulfonamides is 1. The summed E-state index contributed by atoms with van der Waals surface area (Å²) in [4.78, 5) is 17.5. The van der Waals surface area contributed by atoms with Crippen LogP contribution in [0.2, 0.25) is 5.02 Å². The smallest absolute Gasteiger partial charge is 0.243 e. The molecule has 1 amide bonds. The second-order valence-corrected chi connectivity index (χ2v) is 11.2. The topological polar surface area (TPSA) is 57.7 Å². The Hall–Kier alpha value is -1.71. The van der Waals surface area contributed by atoms with Crippen molar-refractivity contribution in [1.82, 2.24) is 9.21 Å². The van der Waals surface area contributed by atoms with Gasteiger partial charge in [0.1, 0.15) is 0 Å². The first-order valence-electron chi connectivity index (χ1n) is 8.99. The zero-order chi connectivity index (χ0) is 20.6. The average Bonchev–Trinajstić information content (AvgIpc) is 3.39. The van der Waals surface area contributed by atoms with Crippen molar-refractivity contribution in [3.05, 3.63) is 73.6 Å². The molecule has 4 rings (SSSR count). The monoisotopic (exact) mass is 466 g/mol. The Morgan fingerprint density at radius 1 is 1.17 bits per heavy atom. The van der Waals surface area contributed by atoms with E-state index in [0.717, 1.165) is 21.2 Å².